The lowest BCUT2D eigenvalue weighted by Gasteiger charge is -2.34. The topological polar surface area (TPSA) is 49.9 Å². The molecule has 3 saturated heterocycles. The molecule has 0 aromatic heterocycles. The highest BCUT2D eigenvalue weighted by Crippen LogP contribution is 2.08. The highest BCUT2D eigenvalue weighted by molar-refractivity contribution is 4.69. The van der Waals surface area contributed by atoms with Crippen LogP contribution in [0.25, 0.3) is 0 Å². The van der Waals surface area contributed by atoms with Gasteiger partial charge in [0.25, 0.3) is 0 Å². The molecule has 0 atom stereocenters. The van der Waals surface area contributed by atoms with E-state index in [1.165, 1.54) is 38.9 Å². The average Bonchev–Trinajstić information content (AvgIpc) is 2.70. The van der Waals surface area contributed by atoms with Crippen molar-refractivity contribution >= 4 is 0 Å². The molecule has 0 spiro atoms. The molecule has 0 aromatic carbocycles. The minimum absolute atomic E-state index is 0.421. The largest absolute Gasteiger partial charge is 0.340 e. The predicted molar refractivity (Wildman–Crippen MR) is 93.7 cm³/mol. The van der Waals surface area contributed by atoms with Gasteiger partial charge < -0.3 is 23.8 Å². The molecule has 0 aromatic rings. The van der Waals surface area contributed by atoms with E-state index in [2.05, 4.69) is 19.6 Å². The molecule has 0 radical (unpaired) electrons. The maximum atomic E-state index is 5.36. The summed E-state index contributed by atoms with van der Waals surface area (Å²) >= 11 is 0. The highest BCUT2D eigenvalue weighted by atomic mass is 16.7. The summed E-state index contributed by atoms with van der Waals surface area (Å²) in [6.45, 7) is 12.4. The summed E-state index contributed by atoms with van der Waals surface area (Å²) < 4.78 is 21.4. The van der Waals surface area contributed by atoms with Crippen LogP contribution < -0.4 is 0 Å². The lowest BCUT2D eigenvalue weighted by Crippen LogP contribution is -2.46. The smallest absolute Gasteiger partial charge is 0.150 e. The van der Waals surface area contributed by atoms with E-state index in [1.807, 2.05) is 0 Å². The average molecular weight is 358 g/mol. The maximum Gasteiger partial charge on any atom is 0.150 e. The Bertz CT molecular complexity index is 293. The first kappa shape index (κ1) is 19.4. The molecule has 0 saturated carbocycles. The minimum Gasteiger partial charge on any atom is -0.340 e. The zero-order chi connectivity index (χ0) is 17.2. The van der Waals surface area contributed by atoms with Gasteiger partial charge in [0, 0.05) is 39.3 Å². The standard InChI is InChI=1S/C17H34N4O4/c1-2-4-18(5-3-1)6-7-19(8-10-20-12-22-16-23-13-20)9-11-21-14-24-17-25-15-21/h1-17H2. The third kappa shape index (κ3) is 7.44. The Morgan fingerprint density at radius 3 is 1.48 bits per heavy atom. The van der Waals surface area contributed by atoms with E-state index in [0.29, 0.717) is 40.5 Å². The molecule has 3 aliphatic heterocycles. The van der Waals surface area contributed by atoms with Crippen molar-refractivity contribution in [1.29, 1.82) is 0 Å². The molecule has 0 N–H and O–H groups in total. The molecular formula is C17H34N4O4. The van der Waals surface area contributed by atoms with Gasteiger partial charge in [-0.05, 0) is 25.9 Å². The van der Waals surface area contributed by atoms with Crippen molar-refractivity contribution in [3.8, 4) is 0 Å². The Morgan fingerprint density at radius 2 is 1.00 bits per heavy atom. The molecule has 3 aliphatic rings. The van der Waals surface area contributed by atoms with Crippen molar-refractivity contribution in [2.75, 3.05) is 92.9 Å². The van der Waals surface area contributed by atoms with Gasteiger partial charge in [0.05, 0.1) is 0 Å². The number of hydrogen-bond acceptors (Lipinski definition) is 8. The predicted octanol–water partition coefficient (Wildman–Crippen LogP) is 0.217. The van der Waals surface area contributed by atoms with Crippen LogP contribution in [0.2, 0.25) is 0 Å². The van der Waals surface area contributed by atoms with Crippen molar-refractivity contribution in [2.45, 2.75) is 19.3 Å². The van der Waals surface area contributed by atoms with Gasteiger partial charge in [0.1, 0.15) is 40.5 Å². The van der Waals surface area contributed by atoms with E-state index in [1.54, 1.807) is 0 Å². The second kappa shape index (κ2) is 11.4. The number of hydrogen-bond donors (Lipinski definition) is 0. The van der Waals surface area contributed by atoms with Crippen LogP contribution in [0.5, 0.6) is 0 Å². The van der Waals surface area contributed by atoms with Gasteiger partial charge in [-0.15, -0.1) is 0 Å². The van der Waals surface area contributed by atoms with Crippen molar-refractivity contribution < 1.29 is 18.9 Å². The molecule has 0 aliphatic carbocycles. The molecule has 25 heavy (non-hydrogen) atoms. The molecule has 8 nitrogen and oxygen atoms in total. The van der Waals surface area contributed by atoms with E-state index in [-0.39, 0.29) is 0 Å². The fourth-order valence-corrected chi connectivity index (χ4v) is 3.48. The molecular weight excluding hydrogens is 324 g/mol. The normalized spacial score (nSPS) is 24.8. The van der Waals surface area contributed by atoms with Crippen molar-refractivity contribution in [3.63, 3.8) is 0 Å². The summed E-state index contributed by atoms with van der Waals surface area (Å²) in [5.74, 6) is 0. The van der Waals surface area contributed by atoms with Gasteiger partial charge in [-0.1, -0.05) is 6.42 Å². The number of rotatable bonds is 9. The van der Waals surface area contributed by atoms with Crippen LogP contribution in [0.4, 0.5) is 0 Å². The number of ether oxygens (including phenoxy) is 4. The second-order valence-electron chi connectivity index (χ2n) is 7.10. The number of piperidine rings is 1. The quantitative estimate of drug-likeness (QED) is 0.580. The highest BCUT2D eigenvalue weighted by Gasteiger charge is 2.17. The van der Waals surface area contributed by atoms with Crippen LogP contribution in [0.1, 0.15) is 19.3 Å². The minimum atomic E-state index is 0.421. The van der Waals surface area contributed by atoms with Crippen LogP contribution in [0, 0.1) is 0 Å². The van der Waals surface area contributed by atoms with Crippen LogP contribution in [0.15, 0.2) is 0 Å². The fourth-order valence-electron chi connectivity index (χ4n) is 3.48. The molecule has 3 rings (SSSR count). The number of likely N-dealkylation sites (tertiary alicyclic amines) is 1. The first-order valence-corrected chi connectivity index (χ1v) is 9.60. The van der Waals surface area contributed by atoms with E-state index in [9.17, 15) is 0 Å². The first-order valence-electron chi connectivity index (χ1n) is 9.60. The lowest BCUT2D eigenvalue weighted by atomic mass is 10.1. The van der Waals surface area contributed by atoms with Gasteiger partial charge in [-0.25, -0.2) is 0 Å². The Morgan fingerprint density at radius 1 is 0.560 bits per heavy atom. The van der Waals surface area contributed by atoms with Crippen LogP contribution in [-0.4, -0.2) is 112 Å². The van der Waals surface area contributed by atoms with Crippen molar-refractivity contribution in [1.82, 2.24) is 19.6 Å². The van der Waals surface area contributed by atoms with E-state index in [0.717, 1.165) is 32.7 Å². The summed E-state index contributed by atoms with van der Waals surface area (Å²) in [5, 5.41) is 0. The molecule has 3 heterocycles. The maximum absolute atomic E-state index is 5.36. The Balaban J connectivity index is 1.39. The summed E-state index contributed by atoms with van der Waals surface area (Å²) in [4.78, 5) is 9.59. The van der Waals surface area contributed by atoms with Crippen molar-refractivity contribution in [3.05, 3.63) is 0 Å². The summed E-state index contributed by atoms with van der Waals surface area (Å²) in [6, 6.07) is 0. The van der Waals surface area contributed by atoms with Gasteiger partial charge >= 0.3 is 0 Å². The van der Waals surface area contributed by atoms with Crippen LogP contribution in [-0.2, 0) is 18.9 Å². The summed E-state index contributed by atoms with van der Waals surface area (Å²) in [7, 11) is 0. The van der Waals surface area contributed by atoms with Crippen molar-refractivity contribution in [2.24, 2.45) is 0 Å². The molecule has 0 unspecified atom stereocenters. The van der Waals surface area contributed by atoms with Gasteiger partial charge in [0.15, 0.2) is 0 Å². The Labute approximate surface area is 151 Å². The van der Waals surface area contributed by atoms with E-state index in [4.69, 9.17) is 18.9 Å². The van der Waals surface area contributed by atoms with Gasteiger partial charge in [-0.2, -0.15) is 0 Å². The summed E-state index contributed by atoms with van der Waals surface area (Å²) in [6.07, 6.45) is 4.10. The zero-order valence-electron chi connectivity index (χ0n) is 15.4. The SMILES string of the molecule is C1CCN(CCN(CCN2COCOC2)CCN2COCOC2)CC1. The van der Waals surface area contributed by atoms with Gasteiger partial charge in [-0.3, -0.25) is 14.7 Å². The molecule has 0 bridgehead atoms. The van der Waals surface area contributed by atoms with E-state index >= 15 is 0 Å². The van der Waals surface area contributed by atoms with Crippen LogP contribution in [0.3, 0.4) is 0 Å². The molecule has 3 fully saturated rings. The zero-order valence-corrected chi connectivity index (χ0v) is 15.4. The third-order valence-corrected chi connectivity index (χ3v) is 5.07. The fraction of sp³-hybridized carbons (Fsp3) is 1.00. The second-order valence-corrected chi connectivity index (χ2v) is 7.10. The molecule has 0 amide bonds. The summed E-state index contributed by atoms with van der Waals surface area (Å²) in [5.41, 5.74) is 0. The first-order chi connectivity index (χ1) is 12.4. The van der Waals surface area contributed by atoms with E-state index < -0.39 is 0 Å². The Hall–Kier alpha value is -0.320. The monoisotopic (exact) mass is 358 g/mol. The Kier molecular flexibility index (Phi) is 8.87. The van der Waals surface area contributed by atoms with Gasteiger partial charge in [0.2, 0.25) is 0 Å². The molecule has 146 valence electrons. The number of nitrogens with zero attached hydrogens (tertiary/aromatic N) is 4. The lowest BCUT2D eigenvalue weighted by molar-refractivity contribution is -0.186. The molecule has 8 heteroatoms. The third-order valence-electron chi connectivity index (χ3n) is 5.07. The van der Waals surface area contributed by atoms with Crippen LogP contribution >= 0.6 is 0 Å².